The lowest BCUT2D eigenvalue weighted by Crippen LogP contribution is -2.54. The molecule has 0 spiro atoms. The SMILES string of the molecule is CCNC(=O)Oc1ccc(C(=O)C(C)(C)N2CCOCC2)cc1. The maximum Gasteiger partial charge on any atom is 0.412 e. The smallest absolute Gasteiger partial charge is 0.410 e. The van der Waals surface area contributed by atoms with Crippen LogP contribution in [0.5, 0.6) is 5.75 Å². The highest BCUT2D eigenvalue weighted by atomic mass is 16.6. The Balaban J connectivity index is 2.05. The number of ether oxygens (including phenoxy) is 2. The Morgan fingerprint density at radius 3 is 2.39 bits per heavy atom. The van der Waals surface area contributed by atoms with Gasteiger partial charge in [0, 0.05) is 25.2 Å². The van der Waals surface area contributed by atoms with Gasteiger partial charge in [-0.05, 0) is 45.0 Å². The van der Waals surface area contributed by atoms with E-state index in [0.29, 0.717) is 31.1 Å². The van der Waals surface area contributed by atoms with Gasteiger partial charge in [-0.2, -0.15) is 0 Å². The van der Waals surface area contributed by atoms with Crippen molar-refractivity contribution in [3.8, 4) is 5.75 Å². The zero-order valence-electron chi connectivity index (χ0n) is 13.9. The summed E-state index contributed by atoms with van der Waals surface area (Å²) in [5.74, 6) is 0.459. The van der Waals surface area contributed by atoms with Gasteiger partial charge in [-0.1, -0.05) is 0 Å². The number of carbonyl (C=O) groups excluding carboxylic acids is 2. The summed E-state index contributed by atoms with van der Waals surface area (Å²) in [7, 11) is 0. The van der Waals surface area contributed by atoms with Crippen LogP contribution in [-0.2, 0) is 4.74 Å². The van der Waals surface area contributed by atoms with Crippen LogP contribution in [-0.4, -0.2) is 55.2 Å². The molecule has 23 heavy (non-hydrogen) atoms. The van der Waals surface area contributed by atoms with Gasteiger partial charge in [-0.15, -0.1) is 0 Å². The summed E-state index contributed by atoms with van der Waals surface area (Å²) in [6.07, 6.45) is -0.500. The van der Waals surface area contributed by atoms with E-state index in [1.807, 2.05) is 20.8 Å². The predicted molar refractivity (Wildman–Crippen MR) is 86.9 cm³/mol. The molecule has 2 rings (SSSR count). The van der Waals surface area contributed by atoms with E-state index in [2.05, 4.69) is 10.2 Å². The molecule has 0 radical (unpaired) electrons. The summed E-state index contributed by atoms with van der Waals surface area (Å²) in [6.45, 7) is 8.97. The highest BCUT2D eigenvalue weighted by Crippen LogP contribution is 2.23. The summed E-state index contributed by atoms with van der Waals surface area (Å²) >= 11 is 0. The third kappa shape index (κ3) is 4.30. The lowest BCUT2D eigenvalue weighted by atomic mass is 9.91. The molecule has 126 valence electrons. The number of ketones is 1. The molecule has 1 fully saturated rings. The van der Waals surface area contributed by atoms with E-state index in [1.165, 1.54) is 0 Å². The molecule has 0 aliphatic carbocycles. The number of benzene rings is 1. The van der Waals surface area contributed by atoms with Crippen molar-refractivity contribution in [3.63, 3.8) is 0 Å². The zero-order valence-corrected chi connectivity index (χ0v) is 13.9. The number of hydrogen-bond acceptors (Lipinski definition) is 5. The average Bonchev–Trinajstić information content (AvgIpc) is 2.56. The molecule has 1 heterocycles. The maximum atomic E-state index is 12.8. The maximum absolute atomic E-state index is 12.8. The standard InChI is InChI=1S/C17H24N2O4/c1-4-18-16(21)23-14-7-5-13(6-8-14)15(20)17(2,3)19-9-11-22-12-10-19/h5-8H,4,9-12H2,1-3H3,(H,18,21). The van der Waals surface area contributed by atoms with Gasteiger partial charge in [0.05, 0.1) is 18.8 Å². The minimum Gasteiger partial charge on any atom is -0.410 e. The van der Waals surface area contributed by atoms with Crippen LogP contribution < -0.4 is 10.1 Å². The molecular weight excluding hydrogens is 296 g/mol. The molecule has 0 unspecified atom stereocenters. The van der Waals surface area contributed by atoms with E-state index in [-0.39, 0.29) is 5.78 Å². The number of carbonyl (C=O) groups is 2. The van der Waals surface area contributed by atoms with Crippen molar-refractivity contribution in [1.82, 2.24) is 10.2 Å². The number of hydrogen-bond donors (Lipinski definition) is 1. The molecule has 0 bridgehead atoms. The van der Waals surface area contributed by atoms with Crippen LogP contribution in [0.25, 0.3) is 0 Å². The number of nitrogens with one attached hydrogen (secondary N) is 1. The first-order valence-corrected chi connectivity index (χ1v) is 7.88. The highest BCUT2D eigenvalue weighted by Gasteiger charge is 2.35. The van der Waals surface area contributed by atoms with Crippen LogP contribution in [0, 0.1) is 0 Å². The van der Waals surface area contributed by atoms with Gasteiger partial charge in [0.25, 0.3) is 0 Å². The Kier molecular flexibility index (Phi) is 5.74. The number of Topliss-reactive ketones (excluding diaryl/α,β-unsaturated/α-hetero) is 1. The van der Waals surface area contributed by atoms with E-state index in [9.17, 15) is 9.59 Å². The molecule has 1 amide bonds. The second-order valence-corrected chi connectivity index (χ2v) is 5.93. The highest BCUT2D eigenvalue weighted by molar-refractivity contribution is 6.02. The fourth-order valence-electron chi connectivity index (χ4n) is 2.58. The van der Waals surface area contributed by atoms with Gasteiger partial charge in [0.15, 0.2) is 5.78 Å². The molecule has 1 saturated heterocycles. The van der Waals surface area contributed by atoms with Crippen molar-refractivity contribution in [2.45, 2.75) is 26.3 Å². The van der Waals surface area contributed by atoms with Crippen LogP contribution in [0.1, 0.15) is 31.1 Å². The van der Waals surface area contributed by atoms with Crippen LogP contribution >= 0.6 is 0 Å². The van der Waals surface area contributed by atoms with E-state index in [0.717, 1.165) is 13.1 Å². The van der Waals surface area contributed by atoms with Crippen LogP contribution in [0.2, 0.25) is 0 Å². The van der Waals surface area contributed by atoms with E-state index < -0.39 is 11.6 Å². The second-order valence-electron chi connectivity index (χ2n) is 5.93. The number of rotatable bonds is 5. The Hall–Kier alpha value is -1.92. The largest absolute Gasteiger partial charge is 0.412 e. The van der Waals surface area contributed by atoms with Crippen molar-refractivity contribution in [2.75, 3.05) is 32.8 Å². The van der Waals surface area contributed by atoms with Crippen LogP contribution in [0.15, 0.2) is 24.3 Å². The molecule has 0 atom stereocenters. The van der Waals surface area contributed by atoms with Crippen LogP contribution in [0.3, 0.4) is 0 Å². The average molecular weight is 320 g/mol. The summed E-state index contributed by atoms with van der Waals surface area (Å²) < 4.78 is 10.4. The summed E-state index contributed by atoms with van der Waals surface area (Å²) in [5.41, 5.74) is 0.0101. The predicted octanol–water partition coefficient (Wildman–Crippen LogP) is 2.09. The van der Waals surface area contributed by atoms with E-state index in [1.54, 1.807) is 24.3 Å². The van der Waals surface area contributed by atoms with Crippen molar-refractivity contribution >= 4 is 11.9 Å². The number of amides is 1. The van der Waals surface area contributed by atoms with Gasteiger partial charge in [0.2, 0.25) is 0 Å². The Morgan fingerprint density at radius 2 is 1.83 bits per heavy atom. The Labute approximate surface area is 136 Å². The molecular formula is C17H24N2O4. The normalized spacial score (nSPS) is 16.0. The summed E-state index contributed by atoms with van der Waals surface area (Å²) in [4.78, 5) is 26.3. The van der Waals surface area contributed by atoms with Crippen LogP contribution in [0.4, 0.5) is 4.79 Å². The van der Waals surface area contributed by atoms with Crippen molar-refractivity contribution in [1.29, 1.82) is 0 Å². The molecule has 6 heteroatoms. The number of nitrogens with zero attached hydrogens (tertiary/aromatic N) is 1. The molecule has 6 nitrogen and oxygen atoms in total. The molecule has 1 aliphatic rings. The fourth-order valence-corrected chi connectivity index (χ4v) is 2.58. The van der Waals surface area contributed by atoms with Gasteiger partial charge < -0.3 is 14.8 Å². The molecule has 1 aromatic rings. The first-order valence-electron chi connectivity index (χ1n) is 7.88. The van der Waals surface area contributed by atoms with Crippen molar-refractivity contribution in [3.05, 3.63) is 29.8 Å². The molecule has 1 N–H and O–H groups in total. The van der Waals surface area contributed by atoms with Gasteiger partial charge in [-0.25, -0.2) is 4.79 Å². The van der Waals surface area contributed by atoms with Crippen molar-refractivity contribution in [2.24, 2.45) is 0 Å². The lowest BCUT2D eigenvalue weighted by Gasteiger charge is -2.39. The Morgan fingerprint density at radius 1 is 1.22 bits per heavy atom. The summed E-state index contributed by atoms with van der Waals surface area (Å²) in [6, 6.07) is 6.66. The fraction of sp³-hybridized carbons (Fsp3) is 0.529. The van der Waals surface area contributed by atoms with E-state index >= 15 is 0 Å². The quantitative estimate of drug-likeness (QED) is 0.842. The number of morpholine rings is 1. The van der Waals surface area contributed by atoms with Gasteiger partial charge >= 0.3 is 6.09 Å². The molecule has 1 aromatic carbocycles. The minimum atomic E-state index is -0.592. The first-order chi connectivity index (χ1) is 10.9. The molecule has 1 aliphatic heterocycles. The second kappa shape index (κ2) is 7.57. The zero-order chi connectivity index (χ0) is 16.9. The Bertz CT molecular complexity index is 548. The van der Waals surface area contributed by atoms with Crippen molar-refractivity contribution < 1.29 is 19.1 Å². The summed E-state index contributed by atoms with van der Waals surface area (Å²) in [5, 5.41) is 2.55. The van der Waals surface area contributed by atoms with Gasteiger partial charge in [-0.3, -0.25) is 9.69 Å². The lowest BCUT2D eigenvalue weighted by molar-refractivity contribution is -0.00429. The topological polar surface area (TPSA) is 67.9 Å². The van der Waals surface area contributed by atoms with Gasteiger partial charge in [0.1, 0.15) is 5.75 Å². The molecule has 0 aromatic heterocycles. The minimum absolute atomic E-state index is 0.0453. The third-order valence-electron chi connectivity index (χ3n) is 4.01. The monoisotopic (exact) mass is 320 g/mol. The third-order valence-corrected chi connectivity index (χ3v) is 4.01. The first kappa shape index (κ1) is 17.4. The molecule has 0 saturated carbocycles. The van der Waals surface area contributed by atoms with E-state index in [4.69, 9.17) is 9.47 Å².